The number of halogens is 2. The Kier molecular flexibility index (Phi) is 3.37. The van der Waals surface area contributed by atoms with E-state index < -0.39 is 0 Å². The zero-order valence-electron chi connectivity index (χ0n) is 9.46. The first kappa shape index (κ1) is 12.3. The van der Waals surface area contributed by atoms with Crippen molar-refractivity contribution in [3.8, 4) is 17.6 Å². The minimum atomic E-state index is -0.357. The number of nitrogens with zero attached hydrogens (tertiary/aromatic N) is 1. The number of hydrogen-bond donors (Lipinski definition) is 0. The lowest BCUT2D eigenvalue weighted by atomic mass is 9.89. The highest BCUT2D eigenvalue weighted by molar-refractivity contribution is 6.37. The first-order chi connectivity index (χ1) is 8.06. The predicted octanol–water partition coefficient (Wildman–Crippen LogP) is 3.99. The third kappa shape index (κ3) is 2.03. The lowest BCUT2D eigenvalue weighted by Gasteiger charge is -2.17. The SMILES string of the molecule is CC(C)C(C#N)c1c(Cl)cc2c(c1Cl)OCO2. The van der Waals surface area contributed by atoms with Crippen molar-refractivity contribution in [1.82, 2.24) is 0 Å². The first-order valence-electron chi connectivity index (χ1n) is 5.23. The van der Waals surface area contributed by atoms with E-state index in [1.54, 1.807) is 6.07 Å². The van der Waals surface area contributed by atoms with Gasteiger partial charge in [-0.2, -0.15) is 5.26 Å². The van der Waals surface area contributed by atoms with Crippen LogP contribution in [0.1, 0.15) is 25.3 Å². The Morgan fingerprint density at radius 3 is 2.65 bits per heavy atom. The average Bonchev–Trinajstić information content (AvgIpc) is 2.71. The average molecular weight is 272 g/mol. The normalized spacial score (nSPS) is 14.8. The van der Waals surface area contributed by atoms with Crippen LogP contribution in [0.3, 0.4) is 0 Å². The standard InChI is InChI=1S/C12H11Cl2NO2/c1-6(2)7(4-15)10-8(13)3-9-12(11(10)14)17-5-16-9/h3,6-7H,5H2,1-2H3. The summed E-state index contributed by atoms with van der Waals surface area (Å²) in [5, 5.41) is 10.0. The Morgan fingerprint density at radius 2 is 2.06 bits per heavy atom. The summed E-state index contributed by atoms with van der Waals surface area (Å²) in [5.41, 5.74) is 0.620. The molecule has 1 unspecified atom stereocenters. The molecule has 90 valence electrons. The Hall–Kier alpha value is -1.11. The lowest BCUT2D eigenvalue weighted by Crippen LogP contribution is -2.06. The molecule has 1 aromatic carbocycles. The fourth-order valence-corrected chi connectivity index (χ4v) is 2.55. The summed E-state index contributed by atoms with van der Waals surface area (Å²) in [7, 11) is 0. The van der Waals surface area contributed by atoms with Crippen molar-refractivity contribution in [3.63, 3.8) is 0 Å². The van der Waals surface area contributed by atoms with Crippen molar-refractivity contribution in [3.05, 3.63) is 21.7 Å². The van der Waals surface area contributed by atoms with Crippen molar-refractivity contribution < 1.29 is 9.47 Å². The maximum atomic E-state index is 9.21. The van der Waals surface area contributed by atoms with E-state index in [0.29, 0.717) is 27.1 Å². The number of fused-ring (bicyclic) bond motifs is 1. The molecule has 17 heavy (non-hydrogen) atoms. The van der Waals surface area contributed by atoms with Crippen molar-refractivity contribution in [2.45, 2.75) is 19.8 Å². The molecule has 0 saturated heterocycles. The van der Waals surface area contributed by atoms with Gasteiger partial charge in [0.2, 0.25) is 6.79 Å². The highest BCUT2D eigenvalue weighted by Gasteiger charge is 2.28. The van der Waals surface area contributed by atoms with E-state index in [4.69, 9.17) is 32.7 Å². The van der Waals surface area contributed by atoms with Gasteiger partial charge in [0.25, 0.3) is 0 Å². The Labute approximate surface area is 110 Å². The van der Waals surface area contributed by atoms with Crippen LogP contribution in [0.5, 0.6) is 11.5 Å². The minimum Gasteiger partial charge on any atom is -0.453 e. The van der Waals surface area contributed by atoms with Gasteiger partial charge >= 0.3 is 0 Å². The monoisotopic (exact) mass is 271 g/mol. The highest BCUT2D eigenvalue weighted by atomic mass is 35.5. The summed E-state index contributed by atoms with van der Waals surface area (Å²) in [5.74, 6) is 0.774. The van der Waals surface area contributed by atoms with Gasteiger partial charge in [0.1, 0.15) is 0 Å². The summed E-state index contributed by atoms with van der Waals surface area (Å²) >= 11 is 12.4. The van der Waals surface area contributed by atoms with Crippen molar-refractivity contribution >= 4 is 23.2 Å². The number of rotatable bonds is 2. The molecule has 0 aromatic heterocycles. The molecule has 1 aromatic rings. The van der Waals surface area contributed by atoms with Crippen LogP contribution < -0.4 is 9.47 Å². The van der Waals surface area contributed by atoms with E-state index in [-0.39, 0.29) is 18.6 Å². The Balaban J connectivity index is 2.59. The van der Waals surface area contributed by atoms with E-state index in [0.717, 1.165) is 0 Å². The number of hydrogen-bond acceptors (Lipinski definition) is 3. The molecule has 1 aliphatic rings. The Morgan fingerprint density at radius 1 is 1.35 bits per heavy atom. The topological polar surface area (TPSA) is 42.2 Å². The maximum absolute atomic E-state index is 9.21. The first-order valence-corrected chi connectivity index (χ1v) is 5.99. The van der Waals surface area contributed by atoms with Gasteiger partial charge in [-0.1, -0.05) is 37.0 Å². The van der Waals surface area contributed by atoms with Gasteiger partial charge in [0, 0.05) is 11.6 Å². The van der Waals surface area contributed by atoms with Crippen LogP contribution in [0.2, 0.25) is 10.0 Å². The van der Waals surface area contributed by atoms with Crippen molar-refractivity contribution in [1.29, 1.82) is 5.26 Å². The smallest absolute Gasteiger partial charge is 0.231 e. The number of benzene rings is 1. The number of nitriles is 1. The summed E-state index contributed by atoms with van der Waals surface area (Å²) in [6.45, 7) is 4.03. The van der Waals surface area contributed by atoms with Gasteiger partial charge < -0.3 is 9.47 Å². The molecule has 5 heteroatoms. The molecule has 0 N–H and O–H groups in total. The highest BCUT2D eigenvalue weighted by Crippen LogP contribution is 2.47. The zero-order chi connectivity index (χ0) is 12.6. The molecular weight excluding hydrogens is 261 g/mol. The molecule has 0 bridgehead atoms. The van der Waals surface area contributed by atoms with Crippen LogP contribution in [0, 0.1) is 17.2 Å². The largest absolute Gasteiger partial charge is 0.453 e. The van der Waals surface area contributed by atoms with E-state index >= 15 is 0 Å². The van der Waals surface area contributed by atoms with Crippen LogP contribution in [0.4, 0.5) is 0 Å². The van der Waals surface area contributed by atoms with Gasteiger partial charge in [-0.15, -0.1) is 0 Å². The van der Waals surface area contributed by atoms with Gasteiger partial charge in [0.15, 0.2) is 11.5 Å². The zero-order valence-corrected chi connectivity index (χ0v) is 11.0. The summed E-state index contributed by atoms with van der Waals surface area (Å²) < 4.78 is 10.5. The van der Waals surface area contributed by atoms with Crippen LogP contribution >= 0.6 is 23.2 Å². The van der Waals surface area contributed by atoms with Crippen molar-refractivity contribution in [2.75, 3.05) is 6.79 Å². The van der Waals surface area contributed by atoms with Crippen LogP contribution in [-0.2, 0) is 0 Å². The van der Waals surface area contributed by atoms with E-state index in [2.05, 4.69) is 6.07 Å². The molecule has 0 radical (unpaired) electrons. The van der Waals surface area contributed by atoms with E-state index in [1.165, 1.54) is 0 Å². The second-order valence-electron chi connectivity index (χ2n) is 4.17. The lowest BCUT2D eigenvalue weighted by molar-refractivity contribution is 0.174. The summed E-state index contributed by atoms with van der Waals surface area (Å²) in [6, 6.07) is 3.88. The molecule has 2 rings (SSSR count). The van der Waals surface area contributed by atoms with Gasteiger partial charge in [-0.3, -0.25) is 0 Å². The fourth-order valence-electron chi connectivity index (χ4n) is 1.82. The van der Waals surface area contributed by atoms with Gasteiger partial charge in [-0.25, -0.2) is 0 Å². The molecule has 0 saturated carbocycles. The van der Waals surface area contributed by atoms with Gasteiger partial charge in [-0.05, 0) is 5.92 Å². The number of ether oxygens (including phenoxy) is 2. The molecule has 0 fully saturated rings. The predicted molar refractivity (Wildman–Crippen MR) is 65.8 cm³/mol. The summed E-state index contributed by atoms with van der Waals surface area (Å²) in [6.07, 6.45) is 0. The van der Waals surface area contributed by atoms with Crippen LogP contribution in [0.25, 0.3) is 0 Å². The van der Waals surface area contributed by atoms with Crippen LogP contribution in [0.15, 0.2) is 6.07 Å². The molecule has 3 nitrogen and oxygen atoms in total. The quantitative estimate of drug-likeness (QED) is 0.817. The second-order valence-corrected chi connectivity index (χ2v) is 4.96. The van der Waals surface area contributed by atoms with Crippen LogP contribution in [-0.4, -0.2) is 6.79 Å². The molecule has 1 atom stereocenters. The van der Waals surface area contributed by atoms with Gasteiger partial charge in [0.05, 0.1) is 22.0 Å². The third-order valence-electron chi connectivity index (χ3n) is 2.71. The third-order valence-corrected chi connectivity index (χ3v) is 3.40. The molecule has 0 spiro atoms. The van der Waals surface area contributed by atoms with E-state index in [9.17, 15) is 5.26 Å². The molecule has 0 amide bonds. The molecule has 1 heterocycles. The molecule has 0 aliphatic carbocycles. The molecule has 1 aliphatic heterocycles. The Bertz CT molecular complexity index is 494. The van der Waals surface area contributed by atoms with E-state index in [1.807, 2.05) is 13.8 Å². The molecular formula is C12H11Cl2NO2. The summed E-state index contributed by atoms with van der Waals surface area (Å²) in [4.78, 5) is 0. The minimum absolute atomic E-state index is 0.121. The second kappa shape index (κ2) is 4.64. The maximum Gasteiger partial charge on any atom is 0.231 e. The fraction of sp³-hybridized carbons (Fsp3) is 0.417. The van der Waals surface area contributed by atoms with Crippen molar-refractivity contribution in [2.24, 2.45) is 5.92 Å².